The lowest BCUT2D eigenvalue weighted by Crippen LogP contribution is -2.33. The lowest BCUT2D eigenvalue weighted by molar-refractivity contribution is 0.207. The summed E-state index contributed by atoms with van der Waals surface area (Å²) < 4.78 is 0. The molecule has 0 rings (SSSR count). The fraction of sp³-hybridized carbons (Fsp3) is 1.00. The minimum absolute atomic E-state index is 0.659. The Kier molecular flexibility index (Phi) is 8.07. The first-order chi connectivity index (χ1) is 6.95. The summed E-state index contributed by atoms with van der Waals surface area (Å²) in [4.78, 5) is 2.58. The first kappa shape index (κ1) is 14.9. The van der Waals surface area contributed by atoms with Gasteiger partial charge >= 0.3 is 0 Å². The molecule has 0 aliphatic heterocycles. The van der Waals surface area contributed by atoms with Gasteiger partial charge in [-0.25, -0.2) is 0 Å². The second kappa shape index (κ2) is 8.12. The van der Waals surface area contributed by atoms with Gasteiger partial charge in [-0.1, -0.05) is 34.6 Å². The molecule has 0 spiro atoms. The Morgan fingerprint density at radius 3 is 1.73 bits per heavy atom. The van der Waals surface area contributed by atoms with Gasteiger partial charge in [-0.3, -0.25) is 0 Å². The molecule has 0 fully saturated rings. The van der Waals surface area contributed by atoms with Gasteiger partial charge in [0.05, 0.1) is 0 Å². The first-order valence-electron chi connectivity index (χ1n) is 6.38. The number of hydrogen-bond acceptors (Lipinski definition) is 2. The molecule has 2 N–H and O–H groups in total. The third-order valence-corrected chi connectivity index (χ3v) is 2.59. The summed E-state index contributed by atoms with van der Waals surface area (Å²) in [5, 5.41) is 0. The number of hydrogen-bond donors (Lipinski definition) is 1. The fourth-order valence-electron chi connectivity index (χ4n) is 1.81. The molecule has 1 atom stereocenters. The molecule has 2 nitrogen and oxygen atoms in total. The van der Waals surface area contributed by atoms with E-state index in [-0.39, 0.29) is 0 Å². The van der Waals surface area contributed by atoms with Crippen LogP contribution in [0.5, 0.6) is 0 Å². The molecule has 92 valence electrons. The maximum absolute atomic E-state index is 5.64. The highest BCUT2D eigenvalue weighted by molar-refractivity contribution is 4.65. The summed E-state index contributed by atoms with van der Waals surface area (Å²) in [5.41, 5.74) is 5.64. The van der Waals surface area contributed by atoms with E-state index in [2.05, 4.69) is 39.5 Å². The molecule has 0 bridgehead atoms. The summed E-state index contributed by atoms with van der Waals surface area (Å²) in [6.07, 6.45) is 1.23. The van der Waals surface area contributed by atoms with Gasteiger partial charge in [-0.05, 0) is 37.3 Å². The molecular formula is C13H30N2. The van der Waals surface area contributed by atoms with Crippen LogP contribution in [-0.2, 0) is 0 Å². The largest absolute Gasteiger partial charge is 0.330 e. The van der Waals surface area contributed by atoms with Crippen molar-refractivity contribution in [2.24, 2.45) is 23.5 Å². The third kappa shape index (κ3) is 8.88. The molecule has 0 amide bonds. The normalized spacial score (nSPS) is 14.2. The van der Waals surface area contributed by atoms with Crippen LogP contribution in [0.25, 0.3) is 0 Å². The molecule has 2 heteroatoms. The van der Waals surface area contributed by atoms with Crippen molar-refractivity contribution < 1.29 is 0 Å². The third-order valence-electron chi connectivity index (χ3n) is 2.59. The fourth-order valence-corrected chi connectivity index (χ4v) is 1.81. The molecule has 0 heterocycles. The van der Waals surface area contributed by atoms with Gasteiger partial charge in [-0.15, -0.1) is 0 Å². The Labute approximate surface area is 96.2 Å². The highest BCUT2D eigenvalue weighted by Gasteiger charge is 2.10. The molecular weight excluding hydrogens is 184 g/mol. The van der Waals surface area contributed by atoms with E-state index in [0.717, 1.165) is 18.4 Å². The second-order valence-electron chi connectivity index (χ2n) is 5.68. The summed E-state index contributed by atoms with van der Waals surface area (Å²) in [5.74, 6) is 2.18. The molecule has 1 unspecified atom stereocenters. The topological polar surface area (TPSA) is 29.3 Å². The molecule has 0 aromatic rings. The van der Waals surface area contributed by atoms with Crippen molar-refractivity contribution in [2.75, 3.05) is 26.2 Å². The average molecular weight is 214 g/mol. The van der Waals surface area contributed by atoms with Crippen molar-refractivity contribution in [1.29, 1.82) is 0 Å². The summed E-state index contributed by atoms with van der Waals surface area (Å²) in [7, 11) is 0. The van der Waals surface area contributed by atoms with Crippen LogP contribution in [0.3, 0.4) is 0 Å². The van der Waals surface area contributed by atoms with E-state index in [1.165, 1.54) is 26.1 Å². The van der Waals surface area contributed by atoms with E-state index in [0.29, 0.717) is 5.92 Å². The van der Waals surface area contributed by atoms with Crippen molar-refractivity contribution in [3.63, 3.8) is 0 Å². The Morgan fingerprint density at radius 2 is 1.40 bits per heavy atom. The lowest BCUT2D eigenvalue weighted by Gasteiger charge is -2.27. The number of nitrogens with zero attached hydrogens (tertiary/aromatic N) is 1. The SMILES string of the molecule is CC(C)CN(CCC(C)CN)CC(C)C. The number of nitrogens with two attached hydrogens (primary N) is 1. The maximum atomic E-state index is 5.64. The van der Waals surface area contributed by atoms with Crippen LogP contribution < -0.4 is 5.73 Å². The molecule has 0 saturated heterocycles. The minimum atomic E-state index is 0.659. The molecule has 0 aromatic carbocycles. The van der Waals surface area contributed by atoms with Gasteiger partial charge in [0.1, 0.15) is 0 Å². The van der Waals surface area contributed by atoms with Crippen LogP contribution in [0, 0.1) is 17.8 Å². The Morgan fingerprint density at radius 1 is 0.933 bits per heavy atom. The Balaban J connectivity index is 3.89. The van der Waals surface area contributed by atoms with Crippen LogP contribution in [-0.4, -0.2) is 31.1 Å². The van der Waals surface area contributed by atoms with Gasteiger partial charge in [-0.2, -0.15) is 0 Å². The summed E-state index contributed by atoms with van der Waals surface area (Å²) in [6, 6.07) is 0. The molecule has 0 aliphatic carbocycles. The van der Waals surface area contributed by atoms with E-state index in [4.69, 9.17) is 5.73 Å². The first-order valence-corrected chi connectivity index (χ1v) is 6.38. The Bertz CT molecular complexity index is 133. The van der Waals surface area contributed by atoms with E-state index in [1.54, 1.807) is 0 Å². The van der Waals surface area contributed by atoms with Crippen molar-refractivity contribution >= 4 is 0 Å². The van der Waals surface area contributed by atoms with Crippen LogP contribution in [0.15, 0.2) is 0 Å². The maximum Gasteiger partial charge on any atom is 0.000450 e. The van der Waals surface area contributed by atoms with Gasteiger partial charge in [0.15, 0.2) is 0 Å². The quantitative estimate of drug-likeness (QED) is 0.673. The van der Waals surface area contributed by atoms with Crippen LogP contribution >= 0.6 is 0 Å². The standard InChI is InChI=1S/C13H30N2/c1-11(2)9-15(10-12(3)4)7-6-13(5)8-14/h11-13H,6-10,14H2,1-5H3. The smallest absolute Gasteiger partial charge is 0.000450 e. The van der Waals surface area contributed by atoms with E-state index in [9.17, 15) is 0 Å². The van der Waals surface area contributed by atoms with Gasteiger partial charge in [0.25, 0.3) is 0 Å². The predicted octanol–water partition coefficient (Wildman–Crippen LogP) is 2.59. The van der Waals surface area contributed by atoms with Crippen LogP contribution in [0.2, 0.25) is 0 Å². The average Bonchev–Trinajstić information content (AvgIpc) is 2.11. The van der Waals surface area contributed by atoms with Crippen molar-refractivity contribution in [1.82, 2.24) is 4.90 Å². The zero-order chi connectivity index (χ0) is 11.8. The molecule has 0 aliphatic rings. The minimum Gasteiger partial charge on any atom is -0.330 e. The van der Waals surface area contributed by atoms with E-state index < -0.39 is 0 Å². The van der Waals surface area contributed by atoms with Crippen molar-refractivity contribution in [2.45, 2.75) is 41.0 Å². The van der Waals surface area contributed by atoms with Crippen molar-refractivity contribution in [3.05, 3.63) is 0 Å². The summed E-state index contributed by atoms with van der Waals surface area (Å²) in [6.45, 7) is 15.9. The van der Waals surface area contributed by atoms with Crippen LogP contribution in [0.4, 0.5) is 0 Å². The van der Waals surface area contributed by atoms with E-state index >= 15 is 0 Å². The number of rotatable bonds is 8. The van der Waals surface area contributed by atoms with Gasteiger partial charge in [0.2, 0.25) is 0 Å². The highest BCUT2D eigenvalue weighted by atomic mass is 15.1. The monoisotopic (exact) mass is 214 g/mol. The molecule has 0 radical (unpaired) electrons. The zero-order valence-electron chi connectivity index (χ0n) is 11.3. The van der Waals surface area contributed by atoms with Gasteiger partial charge in [0, 0.05) is 13.1 Å². The van der Waals surface area contributed by atoms with Crippen LogP contribution in [0.1, 0.15) is 41.0 Å². The van der Waals surface area contributed by atoms with Gasteiger partial charge < -0.3 is 10.6 Å². The predicted molar refractivity (Wildman–Crippen MR) is 69.0 cm³/mol. The summed E-state index contributed by atoms with van der Waals surface area (Å²) >= 11 is 0. The Hall–Kier alpha value is -0.0800. The second-order valence-corrected chi connectivity index (χ2v) is 5.68. The molecule has 0 saturated carbocycles. The lowest BCUT2D eigenvalue weighted by atomic mass is 10.1. The van der Waals surface area contributed by atoms with E-state index in [1.807, 2.05) is 0 Å². The molecule has 0 aromatic heterocycles. The zero-order valence-corrected chi connectivity index (χ0v) is 11.3. The molecule has 15 heavy (non-hydrogen) atoms. The van der Waals surface area contributed by atoms with Crippen molar-refractivity contribution in [3.8, 4) is 0 Å². The highest BCUT2D eigenvalue weighted by Crippen LogP contribution is 2.07.